The van der Waals surface area contributed by atoms with Gasteiger partial charge >= 0.3 is 0 Å². The fourth-order valence-corrected chi connectivity index (χ4v) is 1.75. The van der Waals surface area contributed by atoms with Gasteiger partial charge in [-0.2, -0.15) is 5.26 Å². The fourth-order valence-electron chi connectivity index (χ4n) is 1.75. The topological polar surface area (TPSA) is 70.8 Å². The molecule has 0 amide bonds. The lowest BCUT2D eigenvalue weighted by molar-refractivity contribution is 0.0904. The molecule has 0 bridgehead atoms. The molecule has 1 aliphatic rings. The molecule has 0 atom stereocenters. The molecule has 0 spiro atoms. The van der Waals surface area contributed by atoms with Crippen molar-refractivity contribution in [2.45, 2.75) is 25.8 Å². The molecule has 0 aliphatic carbocycles. The summed E-state index contributed by atoms with van der Waals surface area (Å²) in [5.74, 6) is 1.35. The third-order valence-electron chi connectivity index (χ3n) is 2.53. The molecule has 0 aromatic carbocycles. The summed E-state index contributed by atoms with van der Waals surface area (Å²) in [6.45, 7) is 3.36. The zero-order valence-electron chi connectivity index (χ0n) is 9.23. The van der Waals surface area contributed by atoms with Crippen LogP contribution in [0.5, 0.6) is 0 Å². The Labute approximate surface area is 94.5 Å². The molecule has 0 unspecified atom stereocenters. The summed E-state index contributed by atoms with van der Waals surface area (Å²) in [5, 5.41) is 12.1. The Morgan fingerprint density at radius 2 is 2.19 bits per heavy atom. The van der Waals surface area contributed by atoms with Crippen LogP contribution in [-0.2, 0) is 4.74 Å². The summed E-state index contributed by atoms with van der Waals surface area (Å²) in [7, 11) is 0. The van der Waals surface area contributed by atoms with E-state index in [-0.39, 0.29) is 0 Å². The van der Waals surface area contributed by atoms with Crippen molar-refractivity contribution in [1.29, 1.82) is 5.26 Å². The third kappa shape index (κ3) is 2.67. The van der Waals surface area contributed by atoms with Gasteiger partial charge in [0, 0.05) is 25.3 Å². The first-order chi connectivity index (χ1) is 7.78. The van der Waals surface area contributed by atoms with E-state index in [4.69, 9.17) is 10.00 Å². The van der Waals surface area contributed by atoms with Gasteiger partial charge in [-0.15, -0.1) is 0 Å². The lowest BCUT2D eigenvalue weighted by Gasteiger charge is -2.23. The summed E-state index contributed by atoms with van der Waals surface area (Å²) in [6.07, 6.45) is 1.95. The molecule has 1 N–H and O–H groups in total. The van der Waals surface area contributed by atoms with Crippen molar-refractivity contribution in [3.05, 3.63) is 17.6 Å². The van der Waals surface area contributed by atoms with Gasteiger partial charge in [0.2, 0.25) is 0 Å². The average molecular weight is 218 g/mol. The number of anilines is 1. The number of nitrogens with zero attached hydrogens (tertiary/aromatic N) is 3. The van der Waals surface area contributed by atoms with Gasteiger partial charge in [0.1, 0.15) is 23.4 Å². The van der Waals surface area contributed by atoms with Gasteiger partial charge in [-0.25, -0.2) is 9.97 Å². The first kappa shape index (κ1) is 10.8. The second-order valence-corrected chi connectivity index (χ2v) is 3.83. The van der Waals surface area contributed by atoms with Gasteiger partial charge in [-0.05, 0) is 19.8 Å². The minimum absolute atomic E-state index is 0.384. The second-order valence-electron chi connectivity index (χ2n) is 3.83. The van der Waals surface area contributed by atoms with Crippen LogP contribution in [0.1, 0.15) is 24.4 Å². The Bertz CT molecular complexity index is 407. The summed E-state index contributed by atoms with van der Waals surface area (Å²) < 4.78 is 5.28. The molecule has 0 radical (unpaired) electrons. The number of hydrogen-bond acceptors (Lipinski definition) is 5. The highest BCUT2D eigenvalue weighted by atomic mass is 16.5. The summed E-state index contributed by atoms with van der Waals surface area (Å²) >= 11 is 0. The lowest BCUT2D eigenvalue weighted by atomic mass is 10.1. The van der Waals surface area contributed by atoms with E-state index in [0.717, 1.165) is 31.9 Å². The van der Waals surface area contributed by atoms with Crippen molar-refractivity contribution >= 4 is 5.82 Å². The molecule has 16 heavy (non-hydrogen) atoms. The molecular weight excluding hydrogens is 204 g/mol. The van der Waals surface area contributed by atoms with Crippen molar-refractivity contribution in [1.82, 2.24) is 9.97 Å². The van der Waals surface area contributed by atoms with Crippen LogP contribution in [0.15, 0.2) is 6.07 Å². The van der Waals surface area contributed by atoms with E-state index in [1.54, 1.807) is 13.0 Å². The van der Waals surface area contributed by atoms with E-state index in [2.05, 4.69) is 15.3 Å². The van der Waals surface area contributed by atoms with Crippen LogP contribution in [-0.4, -0.2) is 29.2 Å². The summed E-state index contributed by atoms with van der Waals surface area (Å²) in [4.78, 5) is 8.27. The Kier molecular flexibility index (Phi) is 3.32. The van der Waals surface area contributed by atoms with Crippen LogP contribution in [0.4, 0.5) is 5.82 Å². The van der Waals surface area contributed by atoms with Crippen LogP contribution in [0.2, 0.25) is 0 Å². The van der Waals surface area contributed by atoms with Crippen LogP contribution in [0.3, 0.4) is 0 Å². The molecule has 1 aliphatic heterocycles. The van der Waals surface area contributed by atoms with E-state index in [1.807, 2.05) is 6.07 Å². The number of nitrogens with one attached hydrogen (secondary N) is 1. The fraction of sp³-hybridized carbons (Fsp3) is 0.545. The minimum atomic E-state index is 0.384. The second kappa shape index (κ2) is 4.90. The minimum Gasteiger partial charge on any atom is -0.381 e. The molecular formula is C11H14N4O. The van der Waals surface area contributed by atoms with Gasteiger partial charge in [0.15, 0.2) is 0 Å². The van der Waals surface area contributed by atoms with E-state index in [9.17, 15) is 0 Å². The molecule has 5 nitrogen and oxygen atoms in total. The van der Waals surface area contributed by atoms with Crippen LogP contribution >= 0.6 is 0 Å². The van der Waals surface area contributed by atoms with Crippen molar-refractivity contribution in [3.63, 3.8) is 0 Å². The molecule has 1 aromatic rings. The van der Waals surface area contributed by atoms with E-state index in [0.29, 0.717) is 17.6 Å². The summed E-state index contributed by atoms with van der Waals surface area (Å²) in [5.41, 5.74) is 0.405. The average Bonchev–Trinajstić information content (AvgIpc) is 2.29. The molecule has 84 valence electrons. The van der Waals surface area contributed by atoms with Crippen LogP contribution in [0.25, 0.3) is 0 Å². The predicted octanol–water partition coefficient (Wildman–Crippen LogP) is 1.25. The normalized spacial score (nSPS) is 16.8. The van der Waals surface area contributed by atoms with Gasteiger partial charge in [0.05, 0.1) is 0 Å². The smallest absolute Gasteiger partial charge is 0.146 e. The standard InChI is InChI=1S/C11H14N4O/c1-8-13-10(7-12)6-11(14-8)15-9-2-4-16-5-3-9/h6,9H,2-5H2,1H3,(H,13,14,15). The Morgan fingerprint density at radius 1 is 1.44 bits per heavy atom. The van der Waals surface area contributed by atoms with Crippen molar-refractivity contribution in [2.75, 3.05) is 18.5 Å². The first-order valence-corrected chi connectivity index (χ1v) is 5.38. The highest BCUT2D eigenvalue weighted by molar-refractivity contribution is 5.40. The highest BCUT2D eigenvalue weighted by Crippen LogP contribution is 2.13. The SMILES string of the molecule is Cc1nc(C#N)cc(NC2CCOCC2)n1. The van der Waals surface area contributed by atoms with Gasteiger partial charge < -0.3 is 10.1 Å². The molecule has 1 saturated heterocycles. The van der Waals surface area contributed by atoms with Crippen molar-refractivity contribution in [3.8, 4) is 6.07 Å². The monoisotopic (exact) mass is 218 g/mol. The van der Waals surface area contributed by atoms with Crippen molar-refractivity contribution < 1.29 is 4.74 Å². The number of hydrogen-bond donors (Lipinski definition) is 1. The molecule has 0 saturated carbocycles. The summed E-state index contributed by atoms with van der Waals surface area (Å²) in [6, 6.07) is 4.10. The van der Waals surface area contributed by atoms with Gasteiger partial charge in [-0.3, -0.25) is 0 Å². The molecule has 1 fully saturated rings. The maximum atomic E-state index is 8.80. The number of rotatable bonds is 2. The quantitative estimate of drug-likeness (QED) is 0.808. The largest absolute Gasteiger partial charge is 0.381 e. The molecule has 5 heteroatoms. The van der Waals surface area contributed by atoms with Crippen LogP contribution < -0.4 is 5.32 Å². The zero-order valence-corrected chi connectivity index (χ0v) is 9.23. The van der Waals surface area contributed by atoms with E-state index in [1.165, 1.54) is 0 Å². The molecule has 2 heterocycles. The highest BCUT2D eigenvalue weighted by Gasteiger charge is 2.14. The Morgan fingerprint density at radius 3 is 2.88 bits per heavy atom. The zero-order chi connectivity index (χ0) is 11.4. The predicted molar refractivity (Wildman–Crippen MR) is 58.9 cm³/mol. The number of aryl methyl sites for hydroxylation is 1. The van der Waals surface area contributed by atoms with E-state index < -0.39 is 0 Å². The van der Waals surface area contributed by atoms with E-state index >= 15 is 0 Å². The number of aromatic nitrogens is 2. The number of ether oxygens (including phenoxy) is 1. The Balaban J connectivity index is 2.08. The van der Waals surface area contributed by atoms with Crippen molar-refractivity contribution in [2.24, 2.45) is 0 Å². The molecule has 1 aromatic heterocycles. The molecule has 2 rings (SSSR count). The maximum absolute atomic E-state index is 8.80. The Hall–Kier alpha value is -1.67. The number of nitriles is 1. The van der Waals surface area contributed by atoms with Crippen LogP contribution in [0, 0.1) is 18.3 Å². The first-order valence-electron chi connectivity index (χ1n) is 5.38. The lowest BCUT2D eigenvalue weighted by Crippen LogP contribution is -2.28. The maximum Gasteiger partial charge on any atom is 0.146 e. The van der Waals surface area contributed by atoms with Gasteiger partial charge in [-0.1, -0.05) is 0 Å². The van der Waals surface area contributed by atoms with Gasteiger partial charge in [0.25, 0.3) is 0 Å². The third-order valence-corrected chi connectivity index (χ3v) is 2.53.